The number of likely N-dealkylation sites (tertiary alicyclic amines) is 1. The molecule has 1 atom stereocenters. The van der Waals surface area contributed by atoms with Gasteiger partial charge in [0.05, 0.1) is 5.60 Å². The Kier molecular flexibility index (Phi) is 3.61. The second-order valence-corrected chi connectivity index (χ2v) is 4.83. The summed E-state index contributed by atoms with van der Waals surface area (Å²) in [6.45, 7) is 4.14. The summed E-state index contributed by atoms with van der Waals surface area (Å²) in [6.07, 6.45) is 3.83. The molecule has 2 aliphatic rings. The van der Waals surface area contributed by atoms with E-state index in [1.807, 2.05) is 0 Å². The highest BCUT2D eigenvalue weighted by atomic mass is 16.5. The van der Waals surface area contributed by atoms with Crippen LogP contribution in [0.15, 0.2) is 0 Å². The second-order valence-electron chi connectivity index (χ2n) is 4.83. The quantitative estimate of drug-likeness (QED) is 0.691. The van der Waals surface area contributed by atoms with Crippen molar-refractivity contribution in [2.75, 3.05) is 32.8 Å². The number of rotatable bonds is 3. The fourth-order valence-corrected chi connectivity index (χ4v) is 2.72. The first-order valence-corrected chi connectivity index (χ1v) is 5.98. The molecule has 0 bridgehead atoms. The Morgan fingerprint density at radius 2 is 2.13 bits per heavy atom. The van der Waals surface area contributed by atoms with E-state index >= 15 is 0 Å². The molecular formula is C11H22N2O2. The first-order valence-electron chi connectivity index (χ1n) is 5.98. The van der Waals surface area contributed by atoms with E-state index in [-0.39, 0.29) is 0 Å². The Morgan fingerprint density at radius 3 is 2.80 bits per heavy atom. The Bertz CT molecular complexity index is 207. The average molecular weight is 214 g/mol. The Balaban J connectivity index is 1.85. The monoisotopic (exact) mass is 214 g/mol. The van der Waals surface area contributed by atoms with Crippen molar-refractivity contribution in [2.24, 2.45) is 5.73 Å². The molecule has 0 spiro atoms. The molecule has 0 aromatic carbocycles. The molecule has 2 heterocycles. The largest absolute Gasteiger partial charge is 0.388 e. The molecule has 0 amide bonds. The van der Waals surface area contributed by atoms with Crippen molar-refractivity contribution < 1.29 is 9.84 Å². The number of nitrogens with two attached hydrogens (primary N) is 1. The molecule has 0 aromatic rings. The zero-order chi connectivity index (χ0) is 10.7. The molecule has 88 valence electrons. The van der Waals surface area contributed by atoms with Crippen LogP contribution in [0.3, 0.4) is 0 Å². The topological polar surface area (TPSA) is 58.7 Å². The van der Waals surface area contributed by atoms with E-state index in [2.05, 4.69) is 4.90 Å². The molecule has 4 nitrogen and oxygen atoms in total. The average Bonchev–Trinajstić information content (AvgIpc) is 2.63. The maximum Gasteiger partial charge on any atom is 0.0798 e. The highest BCUT2D eigenvalue weighted by molar-refractivity contribution is 4.93. The summed E-state index contributed by atoms with van der Waals surface area (Å²) in [7, 11) is 0. The van der Waals surface area contributed by atoms with E-state index in [1.54, 1.807) is 0 Å². The normalized spacial score (nSPS) is 34.8. The predicted octanol–water partition coefficient (Wildman–Crippen LogP) is -0.0490. The van der Waals surface area contributed by atoms with Gasteiger partial charge in [-0.25, -0.2) is 0 Å². The van der Waals surface area contributed by atoms with Gasteiger partial charge in [-0.2, -0.15) is 0 Å². The van der Waals surface area contributed by atoms with Crippen LogP contribution < -0.4 is 5.73 Å². The maximum atomic E-state index is 10.2. The summed E-state index contributed by atoms with van der Waals surface area (Å²) < 4.78 is 5.35. The molecule has 15 heavy (non-hydrogen) atoms. The highest BCUT2D eigenvalue weighted by Crippen LogP contribution is 2.28. The summed E-state index contributed by atoms with van der Waals surface area (Å²) >= 11 is 0. The van der Waals surface area contributed by atoms with Gasteiger partial charge in [-0.1, -0.05) is 0 Å². The number of aliphatic hydroxyl groups is 1. The van der Waals surface area contributed by atoms with Crippen molar-refractivity contribution in [3.05, 3.63) is 0 Å². The van der Waals surface area contributed by atoms with Gasteiger partial charge in [0.15, 0.2) is 0 Å². The maximum absolute atomic E-state index is 10.2. The summed E-state index contributed by atoms with van der Waals surface area (Å²) in [4.78, 5) is 2.41. The van der Waals surface area contributed by atoms with Crippen molar-refractivity contribution >= 4 is 0 Å². The van der Waals surface area contributed by atoms with Gasteiger partial charge in [0.2, 0.25) is 0 Å². The van der Waals surface area contributed by atoms with Gasteiger partial charge in [0.25, 0.3) is 0 Å². The molecule has 3 N–H and O–H groups in total. The van der Waals surface area contributed by atoms with Gasteiger partial charge in [0.1, 0.15) is 0 Å². The lowest BCUT2D eigenvalue weighted by Gasteiger charge is -2.32. The van der Waals surface area contributed by atoms with E-state index in [4.69, 9.17) is 10.5 Å². The van der Waals surface area contributed by atoms with E-state index < -0.39 is 5.60 Å². The van der Waals surface area contributed by atoms with Crippen LogP contribution >= 0.6 is 0 Å². The van der Waals surface area contributed by atoms with Crippen LogP contribution in [0, 0.1) is 0 Å². The van der Waals surface area contributed by atoms with Crippen LogP contribution in [0.5, 0.6) is 0 Å². The molecule has 2 fully saturated rings. The third kappa shape index (κ3) is 2.69. The molecule has 0 saturated carbocycles. The number of hydrogen-bond donors (Lipinski definition) is 2. The molecule has 4 heteroatoms. The minimum absolute atomic E-state index is 0.521. The van der Waals surface area contributed by atoms with E-state index in [9.17, 15) is 5.11 Å². The number of hydrogen-bond acceptors (Lipinski definition) is 4. The van der Waals surface area contributed by atoms with Crippen molar-refractivity contribution in [2.45, 2.75) is 37.3 Å². The van der Waals surface area contributed by atoms with Gasteiger partial charge in [-0.3, -0.25) is 4.90 Å². The molecule has 2 aliphatic heterocycles. The van der Waals surface area contributed by atoms with E-state index in [0.717, 1.165) is 52.0 Å². The van der Waals surface area contributed by atoms with Crippen LogP contribution in [0.4, 0.5) is 0 Å². The Hall–Kier alpha value is -0.160. The van der Waals surface area contributed by atoms with Crippen molar-refractivity contribution in [3.8, 4) is 0 Å². The zero-order valence-corrected chi connectivity index (χ0v) is 9.32. The van der Waals surface area contributed by atoms with E-state index in [1.165, 1.54) is 0 Å². The minimum atomic E-state index is -0.521. The Labute approximate surface area is 91.4 Å². The van der Waals surface area contributed by atoms with Gasteiger partial charge in [-0.05, 0) is 32.2 Å². The predicted molar refractivity (Wildman–Crippen MR) is 58.7 cm³/mol. The van der Waals surface area contributed by atoms with Gasteiger partial charge in [0, 0.05) is 32.3 Å². The first-order chi connectivity index (χ1) is 7.23. The van der Waals surface area contributed by atoms with Gasteiger partial charge < -0.3 is 15.6 Å². The van der Waals surface area contributed by atoms with Gasteiger partial charge >= 0.3 is 0 Å². The molecule has 2 saturated heterocycles. The molecule has 2 rings (SSSR count). The first kappa shape index (κ1) is 11.3. The Morgan fingerprint density at radius 1 is 1.40 bits per heavy atom. The van der Waals surface area contributed by atoms with Crippen LogP contribution in [-0.4, -0.2) is 54.5 Å². The highest BCUT2D eigenvalue weighted by Gasteiger charge is 2.38. The molecule has 0 aromatic heterocycles. The molecular weight excluding hydrogens is 192 g/mol. The summed E-state index contributed by atoms with van der Waals surface area (Å²) in [5, 5.41) is 10.2. The third-order valence-electron chi connectivity index (χ3n) is 3.68. The fourth-order valence-electron chi connectivity index (χ4n) is 2.72. The standard InChI is InChI=1S/C11H22N2O2/c12-5-3-11(14)4-6-13(9-11)10-1-7-15-8-2-10/h10,14H,1-9,12H2. The zero-order valence-electron chi connectivity index (χ0n) is 9.32. The summed E-state index contributed by atoms with van der Waals surface area (Å²) in [5.74, 6) is 0. The molecule has 0 radical (unpaired) electrons. The van der Waals surface area contributed by atoms with E-state index in [0.29, 0.717) is 12.6 Å². The summed E-state index contributed by atoms with van der Waals surface area (Å²) in [6, 6.07) is 0.616. The number of nitrogens with zero attached hydrogens (tertiary/aromatic N) is 1. The van der Waals surface area contributed by atoms with Crippen LogP contribution in [0.2, 0.25) is 0 Å². The van der Waals surface area contributed by atoms with Crippen LogP contribution in [-0.2, 0) is 4.74 Å². The van der Waals surface area contributed by atoms with Crippen molar-refractivity contribution in [1.29, 1.82) is 0 Å². The number of ether oxygens (including phenoxy) is 1. The minimum Gasteiger partial charge on any atom is -0.388 e. The molecule has 1 unspecified atom stereocenters. The van der Waals surface area contributed by atoms with Crippen molar-refractivity contribution in [1.82, 2.24) is 4.90 Å². The SMILES string of the molecule is NCCC1(O)CCN(C2CCOCC2)C1. The van der Waals surface area contributed by atoms with Gasteiger partial charge in [-0.15, -0.1) is 0 Å². The lowest BCUT2D eigenvalue weighted by atomic mass is 9.99. The fraction of sp³-hybridized carbons (Fsp3) is 1.00. The lowest BCUT2D eigenvalue weighted by Crippen LogP contribution is -2.41. The number of β-amino-alcohol motifs (C(OH)–C–C–N with tert-alkyl or cyclic N) is 1. The van der Waals surface area contributed by atoms with Crippen LogP contribution in [0.1, 0.15) is 25.7 Å². The summed E-state index contributed by atoms with van der Waals surface area (Å²) in [5.41, 5.74) is 5.00. The molecule has 0 aliphatic carbocycles. The van der Waals surface area contributed by atoms with Crippen LogP contribution in [0.25, 0.3) is 0 Å². The van der Waals surface area contributed by atoms with Crippen molar-refractivity contribution in [3.63, 3.8) is 0 Å². The second kappa shape index (κ2) is 4.78. The smallest absolute Gasteiger partial charge is 0.0798 e. The lowest BCUT2D eigenvalue weighted by molar-refractivity contribution is 0.0132. The third-order valence-corrected chi connectivity index (χ3v) is 3.68.